The lowest BCUT2D eigenvalue weighted by Gasteiger charge is -2.35. The van der Waals surface area contributed by atoms with Crippen molar-refractivity contribution in [3.8, 4) is 17.2 Å². The number of likely N-dealkylation sites (tertiary alicyclic amines) is 1. The van der Waals surface area contributed by atoms with E-state index in [2.05, 4.69) is 18.7 Å². The predicted molar refractivity (Wildman–Crippen MR) is 101 cm³/mol. The lowest BCUT2D eigenvalue weighted by atomic mass is 9.88. The Morgan fingerprint density at radius 2 is 1.71 bits per heavy atom. The van der Waals surface area contributed by atoms with Gasteiger partial charge < -0.3 is 19.1 Å². The molecular formula is C19H32ClNO3. The number of unbranched alkanes of at least 4 members (excludes halogenated alkanes) is 1. The van der Waals surface area contributed by atoms with E-state index in [1.54, 1.807) is 14.2 Å². The molecule has 1 aliphatic heterocycles. The molecule has 0 saturated carbocycles. The first-order valence-electron chi connectivity index (χ1n) is 8.71. The Labute approximate surface area is 152 Å². The van der Waals surface area contributed by atoms with Crippen molar-refractivity contribution < 1.29 is 14.2 Å². The second kappa shape index (κ2) is 10.7. The van der Waals surface area contributed by atoms with Crippen molar-refractivity contribution in [1.29, 1.82) is 0 Å². The zero-order valence-electron chi connectivity index (χ0n) is 15.4. The number of rotatable bonds is 8. The highest BCUT2D eigenvalue weighted by atomic mass is 35.5. The highest BCUT2D eigenvalue weighted by Crippen LogP contribution is 2.36. The van der Waals surface area contributed by atoms with Gasteiger partial charge in [-0.1, -0.05) is 19.9 Å². The van der Waals surface area contributed by atoms with Crippen LogP contribution in [0.4, 0.5) is 0 Å². The van der Waals surface area contributed by atoms with Gasteiger partial charge in [-0.05, 0) is 56.3 Å². The maximum absolute atomic E-state index is 5.91. The normalized spacial score (nSPS) is 21.0. The molecule has 1 saturated heterocycles. The molecule has 4 nitrogen and oxygen atoms in total. The minimum atomic E-state index is 0. The summed E-state index contributed by atoms with van der Waals surface area (Å²) in [5, 5.41) is 0. The van der Waals surface area contributed by atoms with Crippen molar-refractivity contribution in [3.05, 3.63) is 18.2 Å². The van der Waals surface area contributed by atoms with Crippen LogP contribution < -0.4 is 14.2 Å². The van der Waals surface area contributed by atoms with Crippen molar-refractivity contribution in [3.63, 3.8) is 0 Å². The van der Waals surface area contributed by atoms with Gasteiger partial charge in [0.25, 0.3) is 0 Å². The van der Waals surface area contributed by atoms with Crippen LogP contribution in [0.1, 0.15) is 33.1 Å². The molecule has 0 spiro atoms. The van der Waals surface area contributed by atoms with Gasteiger partial charge in [0.05, 0.1) is 20.8 Å². The van der Waals surface area contributed by atoms with E-state index in [-0.39, 0.29) is 12.4 Å². The number of benzene rings is 1. The minimum absolute atomic E-state index is 0. The fourth-order valence-electron chi connectivity index (χ4n) is 3.12. The van der Waals surface area contributed by atoms with Crippen molar-refractivity contribution in [2.24, 2.45) is 11.8 Å². The summed E-state index contributed by atoms with van der Waals surface area (Å²) in [7, 11) is 3.31. The number of piperidine rings is 1. The summed E-state index contributed by atoms with van der Waals surface area (Å²) in [6.45, 7) is 9.08. The molecule has 0 amide bonds. The molecule has 0 aliphatic carbocycles. The van der Waals surface area contributed by atoms with Crippen LogP contribution in [0.15, 0.2) is 18.2 Å². The molecule has 5 heteroatoms. The molecular weight excluding hydrogens is 326 g/mol. The molecule has 1 aromatic rings. The largest absolute Gasteiger partial charge is 0.493 e. The van der Waals surface area contributed by atoms with E-state index < -0.39 is 0 Å². The van der Waals surface area contributed by atoms with Gasteiger partial charge in [0, 0.05) is 6.54 Å². The van der Waals surface area contributed by atoms with Crippen LogP contribution in [0.5, 0.6) is 17.2 Å². The highest BCUT2D eigenvalue weighted by molar-refractivity contribution is 5.85. The summed E-state index contributed by atoms with van der Waals surface area (Å²) in [5.74, 6) is 3.84. The van der Waals surface area contributed by atoms with Gasteiger partial charge in [-0.3, -0.25) is 0 Å². The van der Waals surface area contributed by atoms with Gasteiger partial charge in [-0.15, -0.1) is 12.4 Å². The fourth-order valence-corrected chi connectivity index (χ4v) is 3.12. The monoisotopic (exact) mass is 357 g/mol. The summed E-state index contributed by atoms with van der Waals surface area (Å²) in [6, 6.07) is 5.70. The van der Waals surface area contributed by atoms with Crippen molar-refractivity contribution >= 4 is 12.4 Å². The van der Waals surface area contributed by atoms with Crippen molar-refractivity contribution in [2.45, 2.75) is 33.1 Å². The molecule has 0 bridgehead atoms. The molecule has 138 valence electrons. The first kappa shape index (κ1) is 20.9. The van der Waals surface area contributed by atoms with Crippen LogP contribution in [0.25, 0.3) is 0 Å². The van der Waals surface area contributed by atoms with E-state index in [1.165, 1.54) is 32.5 Å². The van der Waals surface area contributed by atoms with Crippen LogP contribution in [0, 0.1) is 11.8 Å². The van der Waals surface area contributed by atoms with Crippen molar-refractivity contribution in [1.82, 2.24) is 4.90 Å². The molecule has 0 aromatic heterocycles. The summed E-state index contributed by atoms with van der Waals surface area (Å²) in [4.78, 5) is 2.59. The van der Waals surface area contributed by atoms with Crippen LogP contribution in [-0.2, 0) is 0 Å². The van der Waals surface area contributed by atoms with E-state index in [0.29, 0.717) is 12.4 Å². The van der Waals surface area contributed by atoms with Crippen LogP contribution in [0.2, 0.25) is 0 Å². The molecule has 1 aromatic carbocycles. The number of para-hydroxylation sites is 1. The Balaban J connectivity index is 0.00000288. The van der Waals surface area contributed by atoms with E-state index in [0.717, 1.165) is 29.8 Å². The SMILES string of the molecule is COc1cccc(OC)c1OCCCCN1CCC(C)C(C)C1.Cl. The quantitative estimate of drug-likeness (QED) is 0.650. The summed E-state index contributed by atoms with van der Waals surface area (Å²) in [6.07, 6.45) is 3.54. The zero-order chi connectivity index (χ0) is 16.7. The van der Waals surface area contributed by atoms with Crippen LogP contribution >= 0.6 is 12.4 Å². The molecule has 0 N–H and O–H groups in total. The number of hydrogen-bond acceptors (Lipinski definition) is 4. The average molecular weight is 358 g/mol. The van der Waals surface area contributed by atoms with Crippen molar-refractivity contribution in [2.75, 3.05) is 40.5 Å². The lowest BCUT2D eigenvalue weighted by Crippen LogP contribution is -2.38. The van der Waals surface area contributed by atoms with Gasteiger partial charge in [0.1, 0.15) is 0 Å². The Kier molecular flexibility index (Phi) is 9.30. The number of halogens is 1. The Bertz CT molecular complexity index is 461. The Morgan fingerprint density at radius 1 is 1.04 bits per heavy atom. The summed E-state index contributed by atoms with van der Waals surface area (Å²) in [5.41, 5.74) is 0. The van der Waals surface area contributed by atoms with E-state index in [9.17, 15) is 0 Å². The topological polar surface area (TPSA) is 30.9 Å². The van der Waals surface area contributed by atoms with Gasteiger partial charge in [-0.2, -0.15) is 0 Å². The minimum Gasteiger partial charge on any atom is -0.493 e. The second-order valence-corrected chi connectivity index (χ2v) is 6.59. The maximum atomic E-state index is 5.91. The average Bonchev–Trinajstić information content (AvgIpc) is 2.57. The first-order valence-corrected chi connectivity index (χ1v) is 8.71. The molecule has 1 heterocycles. The third-order valence-corrected chi connectivity index (χ3v) is 4.92. The van der Waals surface area contributed by atoms with E-state index in [4.69, 9.17) is 14.2 Å². The fraction of sp³-hybridized carbons (Fsp3) is 0.684. The smallest absolute Gasteiger partial charge is 0.203 e. The van der Waals surface area contributed by atoms with Gasteiger partial charge >= 0.3 is 0 Å². The maximum Gasteiger partial charge on any atom is 0.203 e. The molecule has 2 atom stereocenters. The molecule has 2 rings (SSSR count). The van der Waals surface area contributed by atoms with E-state index in [1.807, 2.05) is 18.2 Å². The lowest BCUT2D eigenvalue weighted by molar-refractivity contribution is 0.134. The molecule has 2 unspecified atom stereocenters. The number of ether oxygens (including phenoxy) is 3. The second-order valence-electron chi connectivity index (χ2n) is 6.59. The first-order chi connectivity index (χ1) is 11.2. The number of methoxy groups -OCH3 is 2. The van der Waals surface area contributed by atoms with Gasteiger partial charge in [0.15, 0.2) is 11.5 Å². The summed E-state index contributed by atoms with van der Waals surface area (Å²) < 4.78 is 16.6. The Morgan fingerprint density at radius 3 is 2.29 bits per heavy atom. The highest BCUT2D eigenvalue weighted by Gasteiger charge is 2.21. The van der Waals surface area contributed by atoms with E-state index >= 15 is 0 Å². The molecule has 24 heavy (non-hydrogen) atoms. The molecule has 1 fully saturated rings. The molecule has 0 radical (unpaired) electrons. The van der Waals surface area contributed by atoms with Gasteiger partial charge in [0.2, 0.25) is 5.75 Å². The zero-order valence-corrected chi connectivity index (χ0v) is 16.2. The van der Waals surface area contributed by atoms with Crippen LogP contribution in [-0.4, -0.2) is 45.4 Å². The number of nitrogens with zero attached hydrogens (tertiary/aromatic N) is 1. The third-order valence-electron chi connectivity index (χ3n) is 4.92. The third kappa shape index (κ3) is 5.75. The summed E-state index contributed by atoms with van der Waals surface area (Å²) >= 11 is 0. The standard InChI is InChI=1S/C19H31NO3.ClH/c1-15-10-12-20(14-16(15)2)11-5-6-13-23-19-17(21-3)8-7-9-18(19)22-4;/h7-9,15-16H,5-6,10-14H2,1-4H3;1H. The van der Waals surface area contributed by atoms with Gasteiger partial charge in [-0.25, -0.2) is 0 Å². The number of hydrogen-bond donors (Lipinski definition) is 0. The molecule has 1 aliphatic rings. The van der Waals surface area contributed by atoms with Crippen LogP contribution in [0.3, 0.4) is 0 Å². The predicted octanol–water partition coefficient (Wildman–Crippen LogP) is 4.26. The Hall–Kier alpha value is -1.13.